The van der Waals surface area contributed by atoms with Crippen LogP contribution in [0.3, 0.4) is 0 Å². The molecule has 23 heavy (non-hydrogen) atoms. The minimum atomic E-state index is 0.290. The fourth-order valence-corrected chi connectivity index (χ4v) is 2.86. The molecular weight excluding hydrogens is 286 g/mol. The summed E-state index contributed by atoms with van der Waals surface area (Å²) in [6.45, 7) is 4.20. The molecule has 0 aliphatic rings. The van der Waals surface area contributed by atoms with Gasteiger partial charge in [0.05, 0.1) is 5.71 Å². The molecule has 130 valence electrons. The second-order valence-corrected chi connectivity index (χ2v) is 6.55. The summed E-state index contributed by atoms with van der Waals surface area (Å²) >= 11 is 0. The highest BCUT2D eigenvalue weighted by atomic mass is 16.4. The zero-order valence-electron chi connectivity index (χ0n) is 14.9. The molecule has 0 aliphatic carbocycles. The highest BCUT2D eigenvalue weighted by molar-refractivity contribution is 5.86. The monoisotopic (exact) mass is 319 g/mol. The molecule has 0 atom stereocenters. The lowest BCUT2D eigenvalue weighted by Crippen LogP contribution is -2.04. The third kappa shape index (κ3) is 8.63. The van der Waals surface area contributed by atoms with Crippen molar-refractivity contribution in [3.8, 4) is 5.75 Å². The lowest BCUT2D eigenvalue weighted by Gasteiger charge is -2.08. The number of phenolic OH excluding ortho intramolecular Hbond substituents is 1. The standard InChI is InChI=1S/C20H33NO2/c1-3-4-5-6-7-8-9-10-11-12-19(21-23)16-18-14-13-17(2)15-20(18)22/h13-15,22-23H,3-12,16H2,1-2H3. The van der Waals surface area contributed by atoms with Gasteiger partial charge in [-0.1, -0.05) is 75.6 Å². The van der Waals surface area contributed by atoms with E-state index in [1.165, 1.54) is 51.4 Å². The molecule has 1 aromatic carbocycles. The van der Waals surface area contributed by atoms with Crippen molar-refractivity contribution in [2.75, 3.05) is 0 Å². The van der Waals surface area contributed by atoms with Crippen molar-refractivity contribution >= 4 is 5.71 Å². The Balaban J connectivity index is 2.17. The van der Waals surface area contributed by atoms with Crippen molar-refractivity contribution in [2.45, 2.75) is 84.5 Å². The molecule has 0 spiro atoms. The normalized spacial score (nSPS) is 11.8. The Morgan fingerprint density at radius 3 is 2.13 bits per heavy atom. The van der Waals surface area contributed by atoms with Gasteiger partial charge in [0.1, 0.15) is 5.75 Å². The summed E-state index contributed by atoms with van der Waals surface area (Å²) in [6, 6.07) is 5.64. The fourth-order valence-electron chi connectivity index (χ4n) is 2.86. The Morgan fingerprint density at radius 1 is 0.957 bits per heavy atom. The summed E-state index contributed by atoms with van der Waals surface area (Å²) in [5, 5.41) is 22.5. The summed E-state index contributed by atoms with van der Waals surface area (Å²) in [6.07, 6.45) is 12.9. The van der Waals surface area contributed by atoms with Crippen molar-refractivity contribution in [3.05, 3.63) is 29.3 Å². The number of phenols is 1. The molecule has 3 heteroatoms. The Bertz CT molecular complexity index is 469. The molecule has 0 aromatic heterocycles. The topological polar surface area (TPSA) is 52.8 Å². The predicted molar refractivity (Wildman–Crippen MR) is 97.6 cm³/mol. The third-order valence-electron chi connectivity index (χ3n) is 4.35. The Hall–Kier alpha value is -1.51. The van der Waals surface area contributed by atoms with Crippen LogP contribution in [0.15, 0.2) is 23.4 Å². The first-order valence-electron chi connectivity index (χ1n) is 9.15. The highest BCUT2D eigenvalue weighted by Crippen LogP contribution is 2.20. The van der Waals surface area contributed by atoms with Crippen molar-refractivity contribution in [1.82, 2.24) is 0 Å². The van der Waals surface area contributed by atoms with E-state index in [9.17, 15) is 5.11 Å². The van der Waals surface area contributed by atoms with E-state index >= 15 is 0 Å². The number of unbranched alkanes of at least 4 members (excludes halogenated alkanes) is 8. The SMILES string of the molecule is CCCCCCCCCCCC(Cc1ccc(C)cc1O)=NO. The smallest absolute Gasteiger partial charge is 0.119 e. The molecule has 0 saturated heterocycles. The summed E-state index contributed by atoms with van der Waals surface area (Å²) in [7, 11) is 0. The summed E-state index contributed by atoms with van der Waals surface area (Å²) in [5.41, 5.74) is 2.62. The van der Waals surface area contributed by atoms with Gasteiger partial charge in [0.15, 0.2) is 0 Å². The van der Waals surface area contributed by atoms with Crippen LogP contribution in [0, 0.1) is 6.92 Å². The third-order valence-corrected chi connectivity index (χ3v) is 4.35. The zero-order valence-corrected chi connectivity index (χ0v) is 14.9. The van der Waals surface area contributed by atoms with Crippen molar-refractivity contribution in [2.24, 2.45) is 5.16 Å². The number of aryl methyl sites for hydroxylation is 1. The van der Waals surface area contributed by atoms with Gasteiger partial charge in [0.25, 0.3) is 0 Å². The van der Waals surface area contributed by atoms with Crippen LogP contribution in [0.25, 0.3) is 0 Å². The Kier molecular flexibility index (Phi) is 10.2. The minimum Gasteiger partial charge on any atom is -0.508 e. The van der Waals surface area contributed by atoms with Crippen LogP contribution in [0.2, 0.25) is 0 Å². The Labute approximate surface area is 141 Å². The average molecular weight is 319 g/mol. The van der Waals surface area contributed by atoms with Gasteiger partial charge in [-0.15, -0.1) is 0 Å². The van der Waals surface area contributed by atoms with Crippen LogP contribution in [-0.2, 0) is 6.42 Å². The second-order valence-electron chi connectivity index (χ2n) is 6.55. The summed E-state index contributed by atoms with van der Waals surface area (Å²) in [5.74, 6) is 0.290. The summed E-state index contributed by atoms with van der Waals surface area (Å²) < 4.78 is 0. The van der Waals surface area contributed by atoms with E-state index in [1.54, 1.807) is 6.07 Å². The van der Waals surface area contributed by atoms with Gasteiger partial charge >= 0.3 is 0 Å². The molecule has 0 unspecified atom stereocenters. The van der Waals surface area contributed by atoms with Crippen LogP contribution in [0.4, 0.5) is 0 Å². The molecule has 0 radical (unpaired) electrons. The molecule has 2 N–H and O–H groups in total. The molecule has 0 saturated carbocycles. The fraction of sp³-hybridized carbons (Fsp3) is 0.650. The van der Waals surface area contributed by atoms with Gasteiger partial charge in [0, 0.05) is 6.42 Å². The number of hydrogen-bond donors (Lipinski definition) is 2. The first-order valence-corrected chi connectivity index (χ1v) is 9.15. The molecule has 1 rings (SSSR count). The molecular formula is C20H33NO2. The van der Waals surface area contributed by atoms with Crippen LogP contribution in [0.5, 0.6) is 5.75 Å². The molecule has 0 fully saturated rings. The van der Waals surface area contributed by atoms with E-state index in [2.05, 4.69) is 12.1 Å². The van der Waals surface area contributed by atoms with Crippen molar-refractivity contribution in [3.63, 3.8) is 0 Å². The largest absolute Gasteiger partial charge is 0.508 e. The first kappa shape index (κ1) is 19.5. The predicted octanol–water partition coefficient (Wildman–Crippen LogP) is 5.99. The number of nitrogens with zero attached hydrogens (tertiary/aromatic N) is 1. The maximum absolute atomic E-state index is 9.93. The van der Waals surface area contributed by atoms with Crippen LogP contribution < -0.4 is 0 Å². The van der Waals surface area contributed by atoms with Gasteiger partial charge in [-0.2, -0.15) is 0 Å². The van der Waals surface area contributed by atoms with Crippen LogP contribution in [-0.4, -0.2) is 16.0 Å². The number of benzene rings is 1. The van der Waals surface area contributed by atoms with E-state index in [1.807, 2.05) is 19.1 Å². The quantitative estimate of drug-likeness (QED) is 0.215. The zero-order chi connectivity index (χ0) is 16.9. The Morgan fingerprint density at radius 2 is 1.57 bits per heavy atom. The molecule has 0 bridgehead atoms. The van der Waals surface area contributed by atoms with Gasteiger partial charge in [-0.25, -0.2) is 0 Å². The summed E-state index contributed by atoms with van der Waals surface area (Å²) in [4.78, 5) is 0. The van der Waals surface area contributed by atoms with Crippen molar-refractivity contribution < 1.29 is 10.3 Å². The van der Waals surface area contributed by atoms with Crippen LogP contribution >= 0.6 is 0 Å². The van der Waals surface area contributed by atoms with Gasteiger partial charge < -0.3 is 10.3 Å². The van der Waals surface area contributed by atoms with E-state index in [-0.39, 0.29) is 0 Å². The molecule has 0 heterocycles. The lowest BCUT2D eigenvalue weighted by atomic mass is 10.0. The molecule has 0 aliphatic heterocycles. The van der Waals surface area contributed by atoms with E-state index < -0.39 is 0 Å². The number of aromatic hydroxyl groups is 1. The lowest BCUT2D eigenvalue weighted by molar-refractivity contribution is 0.316. The van der Waals surface area contributed by atoms with E-state index in [0.29, 0.717) is 12.2 Å². The maximum Gasteiger partial charge on any atom is 0.119 e. The van der Waals surface area contributed by atoms with Gasteiger partial charge in [-0.3, -0.25) is 0 Å². The minimum absolute atomic E-state index is 0.290. The van der Waals surface area contributed by atoms with E-state index in [4.69, 9.17) is 5.21 Å². The number of hydrogen-bond acceptors (Lipinski definition) is 3. The number of oxime groups is 1. The van der Waals surface area contributed by atoms with Crippen LogP contribution in [0.1, 0.15) is 82.3 Å². The highest BCUT2D eigenvalue weighted by Gasteiger charge is 2.07. The second kappa shape index (κ2) is 12.0. The molecule has 1 aromatic rings. The van der Waals surface area contributed by atoms with Gasteiger partial charge in [0.2, 0.25) is 0 Å². The number of rotatable bonds is 12. The van der Waals surface area contributed by atoms with E-state index in [0.717, 1.165) is 29.7 Å². The average Bonchev–Trinajstić information content (AvgIpc) is 2.54. The van der Waals surface area contributed by atoms with Crippen molar-refractivity contribution in [1.29, 1.82) is 0 Å². The first-order chi connectivity index (χ1) is 11.2. The molecule has 0 amide bonds. The van der Waals surface area contributed by atoms with Gasteiger partial charge in [-0.05, 0) is 37.0 Å². The molecule has 3 nitrogen and oxygen atoms in total. The maximum atomic E-state index is 9.93.